The molecule has 0 aliphatic rings. The summed E-state index contributed by atoms with van der Waals surface area (Å²) in [6.45, 7) is 0. The van der Waals surface area contributed by atoms with Crippen molar-refractivity contribution in [2.75, 3.05) is 7.05 Å². The number of nitrogens with one attached hydrogen (secondary N) is 1. The Bertz CT molecular complexity index is 427. The maximum Gasteiger partial charge on any atom is 0.0853 e. The van der Waals surface area contributed by atoms with Gasteiger partial charge in [-0.3, -0.25) is 4.98 Å². The molecule has 0 saturated carbocycles. The quantitative estimate of drug-likeness (QED) is 0.935. The van der Waals surface area contributed by atoms with Crippen LogP contribution >= 0.6 is 27.3 Å². The molecule has 0 radical (unpaired) electrons. The molecule has 0 fully saturated rings. The van der Waals surface area contributed by atoms with Crippen molar-refractivity contribution in [1.82, 2.24) is 10.3 Å². The molecule has 4 heteroatoms. The first kappa shape index (κ1) is 10.8. The largest absolute Gasteiger partial charge is 0.307 e. The molecular weight excluding hydrogens is 272 g/mol. The second kappa shape index (κ2) is 4.88. The van der Waals surface area contributed by atoms with E-state index in [-0.39, 0.29) is 6.04 Å². The van der Waals surface area contributed by atoms with Gasteiger partial charge in [0.05, 0.1) is 11.7 Å². The molecule has 2 aromatic heterocycles. The van der Waals surface area contributed by atoms with Gasteiger partial charge in [-0.1, -0.05) is 6.07 Å². The topological polar surface area (TPSA) is 24.9 Å². The SMILES string of the molecule is CNC(c1ccccn1)c1sccc1Br. The van der Waals surface area contributed by atoms with Gasteiger partial charge in [-0.25, -0.2) is 0 Å². The molecule has 2 rings (SSSR count). The molecule has 0 bridgehead atoms. The van der Waals surface area contributed by atoms with E-state index in [1.807, 2.05) is 31.4 Å². The highest BCUT2D eigenvalue weighted by Crippen LogP contribution is 2.31. The summed E-state index contributed by atoms with van der Waals surface area (Å²) in [5.41, 5.74) is 1.04. The highest BCUT2D eigenvalue weighted by molar-refractivity contribution is 9.10. The van der Waals surface area contributed by atoms with Crippen LogP contribution in [0, 0.1) is 0 Å². The molecule has 0 aliphatic carbocycles. The smallest absolute Gasteiger partial charge is 0.0853 e. The van der Waals surface area contributed by atoms with Crippen LogP contribution in [0.15, 0.2) is 40.3 Å². The Hall–Kier alpha value is -0.710. The van der Waals surface area contributed by atoms with Crippen LogP contribution in [0.2, 0.25) is 0 Å². The molecule has 78 valence electrons. The van der Waals surface area contributed by atoms with Crippen LogP contribution in [0.5, 0.6) is 0 Å². The number of hydrogen-bond donors (Lipinski definition) is 1. The van der Waals surface area contributed by atoms with Crippen LogP contribution in [-0.2, 0) is 0 Å². The monoisotopic (exact) mass is 282 g/mol. The predicted octanol–water partition coefficient (Wildman–Crippen LogP) is 3.21. The second-order valence-corrected chi connectivity index (χ2v) is 4.91. The van der Waals surface area contributed by atoms with Gasteiger partial charge in [0.15, 0.2) is 0 Å². The van der Waals surface area contributed by atoms with E-state index in [9.17, 15) is 0 Å². The highest BCUT2D eigenvalue weighted by Gasteiger charge is 2.16. The van der Waals surface area contributed by atoms with E-state index in [2.05, 4.69) is 37.7 Å². The molecule has 1 unspecified atom stereocenters. The fraction of sp³-hybridized carbons (Fsp3) is 0.182. The number of pyridine rings is 1. The van der Waals surface area contributed by atoms with Crippen LogP contribution in [0.1, 0.15) is 16.6 Å². The second-order valence-electron chi connectivity index (χ2n) is 3.11. The number of aromatic nitrogens is 1. The van der Waals surface area contributed by atoms with E-state index >= 15 is 0 Å². The Balaban J connectivity index is 2.37. The van der Waals surface area contributed by atoms with Gasteiger partial charge in [0.25, 0.3) is 0 Å². The minimum Gasteiger partial charge on any atom is -0.307 e. The molecule has 2 nitrogen and oxygen atoms in total. The average Bonchev–Trinajstić information content (AvgIpc) is 2.68. The van der Waals surface area contributed by atoms with Crippen LogP contribution in [0.4, 0.5) is 0 Å². The van der Waals surface area contributed by atoms with E-state index in [4.69, 9.17) is 0 Å². The van der Waals surface area contributed by atoms with Gasteiger partial charge in [-0.15, -0.1) is 11.3 Å². The van der Waals surface area contributed by atoms with Crippen LogP contribution in [0.3, 0.4) is 0 Å². The van der Waals surface area contributed by atoms with E-state index in [0.717, 1.165) is 10.2 Å². The summed E-state index contributed by atoms with van der Waals surface area (Å²) in [5, 5.41) is 5.36. The van der Waals surface area contributed by atoms with Gasteiger partial charge >= 0.3 is 0 Å². The zero-order chi connectivity index (χ0) is 10.7. The van der Waals surface area contributed by atoms with Crippen molar-refractivity contribution in [2.24, 2.45) is 0 Å². The molecule has 0 aromatic carbocycles. The Morgan fingerprint density at radius 1 is 1.40 bits per heavy atom. The summed E-state index contributed by atoms with van der Waals surface area (Å²) in [4.78, 5) is 5.63. The van der Waals surface area contributed by atoms with Crippen LogP contribution < -0.4 is 5.32 Å². The first-order valence-corrected chi connectivity index (χ1v) is 6.31. The molecule has 1 N–H and O–H groups in total. The third kappa shape index (κ3) is 2.27. The Kier molecular flexibility index (Phi) is 3.51. The lowest BCUT2D eigenvalue weighted by molar-refractivity contribution is 0.680. The first-order valence-electron chi connectivity index (χ1n) is 4.64. The summed E-state index contributed by atoms with van der Waals surface area (Å²) in [6.07, 6.45) is 1.82. The van der Waals surface area contributed by atoms with Gasteiger partial charge in [0, 0.05) is 15.5 Å². The molecule has 2 aromatic rings. The number of rotatable bonds is 3. The highest BCUT2D eigenvalue weighted by atomic mass is 79.9. The lowest BCUT2D eigenvalue weighted by Crippen LogP contribution is -2.17. The van der Waals surface area contributed by atoms with E-state index in [0.29, 0.717) is 0 Å². The van der Waals surface area contributed by atoms with Gasteiger partial charge in [-0.2, -0.15) is 0 Å². The molecule has 0 spiro atoms. The Morgan fingerprint density at radius 2 is 2.27 bits per heavy atom. The average molecular weight is 283 g/mol. The van der Waals surface area contributed by atoms with Crippen molar-refractivity contribution in [3.05, 3.63) is 50.9 Å². The lowest BCUT2D eigenvalue weighted by atomic mass is 10.1. The lowest BCUT2D eigenvalue weighted by Gasteiger charge is -2.14. The van der Waals surface area contributed by atoms with E-state index < -0.39 is 0 Å². The number of halogens is 1. The third-order valence-corrected chi connectivity index (χ3v) is 4.11. The minimum atomic E-state index is 0.167. The molecule has 1 atom stereocenters. The van der Waals surface area contributed by atoms with Gasteiger partial charge < -0.3 is 5.32 Å². The van der Waals surface area contributed by atoms with Crippen molar-refractivity contribution in [3.8, 4) is 0 Å². The number of nitrogens with zero attached hydrogens (tertiary/aromatic N) is 1. The van der Waals surface area contributed by atoms with Gasteiger partial charge in [0.2, 0.25) is 0 Å². The summed E-state index contributed by atoms with van der Waals surface area (Å²) >= 11 is 5.28. The van der Waals surface area contributed by atoms with Crippen molar-refractivity contribution >= 4 is 27.3 Å². The molecule has 0 saturated heterocycles. The molecule has 15 heavy (non-hydrogen) atoms. The fourth-order valence-electron chi connectivity index (χ4n) is 1.47. The summed E-state index contributed by atoms with van der Waals surface area (Å²) in [6, 6.07) is 8.20. The Morgan fingerprint density at radius 3 is 2.80 bits per heavy atom. The zero-order valence-corrected chi connectivity index (χ0v) is 10.7. The molecule has 0 amide bonds. The van der Waals surface area contributed by atoms with E-state index in [1.54, 1.807) is 11.3 Å². The van der Waals surface area contributed by atoms with Crippen LogP contribution in [0.25, 0.3) is 0 Å². The summed E-state index contributed by atoms with van der Waals surface area (Å²) < 4.78 is 1.14. The van der Waals surface area contributed by atoms with Gasteiger partial charge in [0.1, 0.15) is 0 Å². The third-order valence-electron chi connectivity index (χ3n) is 2.18. The molecule has 2 heterocycles. The Labute approximate surface area is 101 Å². The number of hydrogen-bond acceptors (Lipinski definition) is 3. The summed E-state index contributed by atoms with van der Waals surface area (Å²) in [5.74, 6) is 0. The standard InChI is InChI=1S/C11H11BrN2S/c1-13-10(9-4-2-3-6-14-9)11-8(12)5-7-15-11/h2-7,10,13H,1H3. The molecular formula is C11H11BrN2S. The van der Waals surface area contributed by atoms with Crippen molar-refractivity contribution < 1.29 is 0 Å². The van der Waals surface area contributed by atoms with E-state index in [1.165, 1.54) is 4.88 Å². The van der Waals surface area contributed by atoms with Gasteiger partial charge in [-0.05, 0) is 46.6 Å². The molecule has 0 aliphatic heterocycles. The first-order chi connectivity index (χ1) is 7.33. The number of thiophene rings is 1. The summed E-state index contributed by atoms with van der Waals surface area (Å²) in [7, 11) is 1.95. The fourth-order valence-corrected chi connectivity index (χ4v) is 3.19. The predicted molar refractivity (Wildman–Crippen MR) is 67.2 cm³/mol. The van der Waals surface area contributed by atoms with Crippen LogP contribution in [-0.4, -0.2) is 12.0 Å². The van der Waals surface area contributed by atoms with Crippen molar-refractivity contribution in [1.29, 1.82) is 0 Å². The maximum absolute atomic E-state index is 4.37. The minimum absolute atomic E-state index is 0.167. The van der Waals surface area contributed by atoms with Crippen molar-refractivity contribution in [3.63, 3.8) is 0 Å². The van der Waals surface area contributed by atoms with Crippen molar-refractivity contribution in [2.45, 2.75) is 6.04 Å². The normalized spacial score (nSPS) is 12.7. The zero-order valence-electron chi connectivity index (χ0n) is 8.27. The maximum atomic E-state index is 4.37.